The van der Waals surface area contributed by atoms with Crippen molar-refractivity contribution in [2.24, 2.45) is 11.5 Å². The number of rotatable bonds is 14. The number of nitriles is 1. The first kappa shape index (κ1) is 35.8. The summed E-state index contributed by atoms with van der Waals surface area (Å²) in [5.41, 5.74) is 11.2. The van der Waals surface area contributed by atoms with Gasteiger partial charge in [0.05, 0.1) is 18.8 Å². The standard InChI is InChI=1S/C23H28FN4O7PS2.2ClH/c1-15-18-11-20(33-8-2-6-25)21(34-9-3-7-26)12-22(18)37-23(15)38(31,32)28-14-36(29,30)35-17-5-4-16(13-27)19(24)10-17;;/h4-5,10-12,28H,2-3,6-9,14,25-26H2,1H3,(H,29,30);2*1H. The number of nitrogens with one attached hydrogen (secondary N) is 1. The Bertz CT molecular complexity index is 1500. The summed E-state index contributed by atoms with van der Waals surface area (Å²) in [5.74, 6) is -0.397. The molecule has 6 N–H and O–H groups in total. The Morgan fingerprint density at radius 3 is 2.25 bits per heavy atom. The number of hydrogen-bond donors (Lipinski definition) is 4. The van der Waals surface area contributed by atoms with E-state index in [0.717, 1.165) is 29.5 Å². The van der Waals surface area contributed by atoms with Gasteiger partial charge in [-0.3, -0.25) is 0 Å². The summed E-state index contributed by atoms with van der Waals surface area (Å²) in [4.78, 5) is 10.2. The highest BCUT2D eigenvalue weighted by molar-refractivity contribution is 7.92. The van der Waals surface area contributed by atoms with Crippen LogP contribution in [0.1, 0.15) is 24.0 Å². The minimum absolute atomic E-state index is 0. The molecule has 0 spiro atoms. The first-order chi connectivity index (χ1) is 18.0. The van der Waals surface area contributed by atoms with Crippen molar-refractivity contribution in [3.05, 3.63) is 47.3 Å². The van der Waals surface area contributed by atoms with E-state index in [2.05, 4.69) is 4.72 Å². The Morgan fingerprint density at radius 2 is 1.70 bits per heavy atom. The summed E-state index contributed by atoms with van der Waals surface area (Å²) in [7, 11) is -8.81. The van der Waals surface area contributed by atoms with Crippen LogP contribution in [0, 0.1) is 24.1 Å². The minimum atomic E-state index is -4.57. The van der Waals surface area contributed by atoms with Crippen LogP contribution in [-0.2, 0) is 14.6 Å². The summed E-state index contributed by atoms with van der Waals surface area (Å²) in [6.07, 6.45) is 0.266. The molecule has 1 unspecified atom stereocenters. The van der Waals surface area contributed by atoms with E-state index in [4.69, 9.17) is 30.7 Å². The molecule has 1 atom stereocenters. The number of halogens is 3. The number of sulfonamides is 1. The fourth-order valence-corrected chi connectivity index (χ4v) is 7.61. The number of hydrogen-bond acceptors (Lipinski definition) is 10. The molecule has 0 saturated carbocycles. The van der Waals surface area contributed by atoms with Crippen LogP contribution in [0.5, 0.6) is 17.2 Å². The quantitative estimate of drug-likeness (QED) is 0.145. The van der Waals surface area contributed by atoms with Crippen LogP contribution >= 0.6 is 43.7 Å². The Balaban J connectivity index is 0.00000400. The number of thiophene rings is 1. The molecule has 0 fully saturated rings. The van der Waals surface area contributed by atoms with E-state index >= 15 is 0 Å². The molecule has 0 bridgehead atoms. The molecule has 40 heavy (non-hydrogen) atoms. The predicted octanol–water partition coefficient (Wildman–Crippen LogP) is 4.02. The van der Waals surface area contributed by atoms with Gasteiger partial charge in [0.2, 0.25) is 0 Å². The first-order valence-corrected chi connectivity index (χ1v) is 15.5. The van der Waals surface area contributed by atoms with Gasteiger partial charge >= 0.3 is 7.60 Å². The Labute approximate surface area is 248 Å². The molecule has 2 aromatic carbocycles. The van der Waals surface area contributed by atoms with Crippen LogP contribution in [0.2, 0.25) is 0 Å². The average Bonchev–Trinajstić information content (AvgIpc) is 3.19. The summed E-state index contributed by atoms with van der Waals surface area (Å²) in [5, 5.41) is 9.40. The van der Waals surface area contributed by atoms with Crippen LogP contribution in [0.3, 0.4) is 0 Å². The zero-order valence-corrected chi connectivity index (χ0v) is 25.5. The van der Waals surface area contributed by atoms with E-state index in [1.807, 2.05) is 0 Å². The Hall–Kier alpha value is -2.18. The van der Waals surface area contributed by atoms with E-state index in [-0.39, 0.29) is 40.3 Å². The SMILES string of the molecule is Cc1c(S(=O)(=O)NCP(=O)(O)Oc2ccc(C#N)c(F)c2)sc2cc(OCCCN)c(OCCCN)cc12.Cl.Cl. The number of benzene rings is 2. The van der Waals surface area contributed by atoms with E-state index in [1.165, 1.54) is 0 Å². The van der Waals surface area contributed by atoms with Crippen molar-refractivity contribution in [3.8, 4) is 23.3 Å². The van der Waals surface area contributed by atoms with Gasteiger partial charge in [-0.1, -0.05) is 0 Å². The second-order valence-electron chi connectivity index (χ2n) is 8.08. The summed E-state index contributed by atoms with van der Waals surface area (Å²) in [6.45, 7) is 3.19. The topological polar surface area (TPSA) is 187 Å². The number of nitrogens with two attached hydrogens (primary N) is 2. The molecule has 11 nitrogen and oxygen atoms in total. The molecular weight excluding hydrogens is 629 g/mol. The van der Waals surface area contributed by atoms with Crippen molar-refractivity contribution in [1.29, 1.82) is 5.26 Å². The van der Waals surface area contributed by atoms with Gasteiger partial charge in [0.25, 0.3) is 10.0 Å². The number of aryl methyl sites for hydroxylation is 1. The van der Waals surface area contributed by atoms with Gasteiger partial charge in [-0.2, -0.15) is 9.98 Å². The zero-order chi connectivity index (χ0) is 27.9. The highest BCUT2D eigenvalue weighted by Crippen LogP contribution is 2.44. The molecule has 0 aliphatic carbocycles. The average molecular weight is 660 g/mol. The third-order valence-electron chi connectivity index (χ3n) is 5.18. The van der Waals surface area contributed by atoms with Crippen molar-refractivity contribution in [1.82, 2.24) is 4.72 Å². The number of fused-ring (bicyclic) bond motifs is 1. The highest BCUT2D eigenvalue weighted by Gasteiger charge is 2.29. The molecule has 0 radical (unpaired) electrons. The van der Waals surface area contributed by atoms with Crippen molar-refractivity contribution in [2.75, 3.05) is 32.6 Å². The van der Waals surface area contributed by atoms with E-state index in [0.29, 0.717) is 66.3 Å². The van der Waals surface area contributed by atoms with Gasteiger partial charge < -0.3 is 30.4 Å². The van der Waals surface area contributed by atoms with Crippen molar-refractivity contribution in [3.63, 3.8) is 0 Å². The van der Waals surface area contributed by atoms with E-state index < -0.39 is 29.7 Å². The second kappa shape index (κ2) is 15.7. The number of nitrogens with zero attached hydrogens (tertiary/aromatic N) is 1. The van der Waals surface area contributed by atoms with Gasteiger partial charge in [0.15, 0.2) is 11.5 Å². The largest absolute Gasteiger partial charge is 0.490 e. The lowest BCUT2D eigenvalue weighted by Crippen LogP contribution is -2.25. The molecule has 3 rings (SSSR count). The van der Waals surface area contributed by atoms with Crippen molar-refractivity contribution < 1.29 is 36.3 Å². The van der Waals surface area contributed by atoms with Crippen LogP contribution in [0.4, 0.5) is 4.39 Å². The van der Waals surface area contributed by atoms with Gasteiger partial charge in [-0.05, 0) is 56.6 Å². The van der Waals surface area contributed by atoms with E-state index in [1.54, 1.807) is 25.1 Å². The maximum atomic E-state index is 13.8. The van der Waals surface area contributed by atoms with Crippen LogP contribution in [0.15, 0.2) is 34.5 Å². The van der Waals surface area contributed by atoms with Crippen LogP contribution in [0.25, 0.3) is 10.1 Å². The molecule has 0 aliphatic rings. The maximum Gasteiger partial charge on any atom is 0.391 e. The number of ether oxygens (including phenoxy) is 2. The Morgan fingerprint density at radius 1 is 1.10 bits per heavy atom. The molecule has 1 aromatic heterocycles. The fraction of sp³-hybridized carbons (Fsp3) is 0.348. The van der Waals surface area contributed by atoms with Gasteiger partial charge in [0, 0.05) is 22.2 Å². The third kappa shape index (κ3) is 9.17. The molecule has 1 heterocycles. The smallest absolute Gasteiger partial charge is 0.391 e. The molecule has 0 amide bonds. The molecule has 3 aromatic rings. The minimum Gasteiger partial charge on any atom is -0.490 e. The normalized spacial score (nSPS) is 12.5. The van der Waals surface area contributed by atoms with Crippen molar-refractivity contribution >= 4 is 63.9 Å². The van der Waals surface area contributed by atoms with Crippen LogP contribution < -0.4 is 30.2 Å². The molecule has 222 valence electrons. The van der Waals surface area contributed by atoms with Crippen molar-refractivity contribution in [2.45, 2.75) is 24.0 Å². The second-order valence-corrected chi connectivity index (χ2v) is 12.9. The molecular formula is C23H30Cl2FN4O7PS2. The monoisotopic (exact) mass is 658 g/mol. The fourth-order valence-electron chi connectivity index (χ4n) is 3.29. The third-order valence-corrected chi connectivity index (χ3v) is 9.72. The zero-order valence-electron chi connectivity index (χ0n) is 21.3. The summed E-state index contributed by atoms with van der Waals surface area (Å²) in [6, 6.07) is 7.97. The van der Waals surface area contributed by atoms with Gasteiger partial charge in [-0.15, -0.1) is 36.2 Å². The van der Waals surface area contributed by atoms with Crippen LogP contribution in [-0.4, -0.2) is 45.9 Å². The lowest BCUT2D eigenvalue weighted by Gasteiger charge is -2.14. The molecule has 17 heteroatoms. The molecule has 0 saturated heterocycles. The highest BCUT2D eigenvalue weighted by atomic mass is 35.5. The Kier molecular flexibility index (Phi) is 14.1. The molecule has 0 aliphatic heterocycles. The van der Waals surface area contributed by atoms with Gasteiger partial charge in [0.1, 0.15) is 28.1 Å². The lowest BCUT2D eigenvalue weighted by molar-refractivity contribution is 0.266. The first-order valence-electron chi connectivity index (χ1n) is 11.4. The maximum absolute atomic E-state index is 13.8. The van der Waals surface area contributed by atoms with Gasteiger partial charge in [-0.25, -0.2) is 17.4 Å². The summed E-state index contributed by atoms with van der Waals surface area (Å²) >= 11 is 0.959. The lowest BCUT2D eigenvalue weighted by atomic mass is 10.2. The van der Waals surface area contributed by atoms with E-state index in [9.17, 15) is 22.3 Å². The summed E-state index contributed by atoms with van der Waals surface area (Å²) < 4.78 is 71.6. The predicted molar refractivity (Wildman–Crippen MR) is 156 cm³/mol.